The fraction of sp³-hybridized carbons (Fsp3) is 0.400. The van der Waals surface area contributed by atoms with Gasteiger partial charge in [-0.3, -0.25) is 10.1 Å². The summed E-state index contributed by atoms with van der Waals surface area (Å²) in [5.74, 6) is -0.248. The normalized spacial score (nSPS) is 11.5. The zero-order valence-electron chi connectivity index (χ0n) is 9.70. The van der Waals surface area contributed by atoms with Crippen LogP contribution in [-0.2, 0) is 0 Å². The van der Waals surface area contributed by atoms with Crippen LogP contribution < -0.4 is 10.5 Å². The van der Waals surface area contributed by atoms with Crippen LogP contribution in [0.15, 0.2) is 12.1 Å². The van der Waals surface area contributed by atoms with Gasteiger partial charge in [0.2, 0.25) is 0 Å². The van der Waals surface area contributed by atoms with E-state index in [0.717, 1.165) is 6.07 Å². The molecule has 0 aliphatic rings. The molecule has 1 aromatic rings. The van der Waals surface area contributed by atoms with Gasteiger partial charge in [-0.15, -0.1) is 12.4 Å². The zero-order chi connectivity index (χ0) is 13.0. The van der Waals surface area contributed by atoms with Crippen LogP contribution in [0.3, 0.4) is 0 Å². The van der Waals surface area contributed by atoms with E-state index in [4.69, 9.17) is 15.6 Å². The molecule has 1 rings (SSSR count). The number of benzene rings is 1. The Bertz CT molecular complexity index is 427. The summed E-state index contributed by atoms with van der Waals surface area (Å²) in [6.45, 7) is -0.175. The lowest BCUT2D eigenvalue weighted by atomic mass is 10.0. The zero-order valence-corrected chi connectivity index (χ0v) is 10.5. The van der Waals surface area contributed by atoms with Crippen molar-refractivity contribution >= 4 is 18.1 Å². The van der Waals surface area contributed by atoms with Crippen molar-refractivity contribution in [2.45, 2.75) is 12.5 Å². The number of non-ortho nitro benzene ring substituents is 1. The first-order valence-corrected chi connectivity index (χ1v) is 4.93. The number of nitro groups is 1. The maximum Gasteiger partial charge on any atom is 0.273 e. The summed E-state index contributed by atoms with van der Waals surface area (Å²) in [7, 11) is 1.29. The van der Waals surface area contributed by atoms with Gasteiger partial charge in [-0.2, -0.15) is 0 Å². The summed E-state index contributed by atoms with van der Waals surface area (Å²) in [4.78, 5) is 10.1. The van der Waals surface area contributed by atoms with Gasteiger partial charge in [0.25, 0.3) is 5.69 Å². The molecule has 1 atom stereocenters. The number of aliphatic hydroxyl groups excluding tert-OH is 1. The first-order chi connectivity index (χ1) is 8.01. The van der Waals surface area contributed by atoms with Crippen molar-refractivity contribution in [1.29, 1.82) is 0 Å². The molecule has 0 fully saturated rings. The number of methoxy groups -OCH3 is 1. The molecule has 0 heterocycles. The minimum absolute atomic E-state index is 0. The Morgan fingerprint density at radius 2 is 2.17 bits per heavy atom. The average Bonchev–Trinajstić information content (AvgIpc) is 2.29. The number of hydrogen-bond acceptors (Lipinski definition) is 6. The van der Waals surface area contributed by atoms with Crippen molar-refractivity contribution in [1.82, 2.24) is 0 Å². The molecule has 7 nitrogen and oxygen atoms in total. The van der Waals surface area contributed by atoms with E-state index in [9.17, 15) is 15.2 Å². The molecule has 0 spiro atoms. The fourth-order valence-corrected chi connectivity index (χ4v) is 1.45. The van der Waals surface area contributed by atoms with Gasteiger partial charge in [0, 0.05) is 24.3 Å². The third-order valence-electron chi connectivity index (χ3n) is 2.36. The van der Waals surface area contributed by atoms with E-state index in [1.165, 1.54) is 13.2 Å². The van der Waals surface area contributed by atoms with Crippen LogP contribution in [0.5, 0.6) is 11.5 Å². The van der Waals surface area contributed by atoms with Crippen LogP contribution in [0.2, 0.25) is 0 Å². The number of nitrogens with two attached hydrogens (primary N) is 1. The molecule has 0 saturated carbocycles. The van der Waals surface area contributed by atoms with Crippen LogP contribution >= 0.6 is 12.4 Å². The van der Waals surface area contributed by atoms with Crippen molar-refractivity contribution in [2.75, 3.05) is 13.7 Å². The highest BCUT2D eigenvalue weighted by Crippen LogP contribution is 2.37. The van der Waals surface area contributed by atoms with Crippen molar-refractivity contribution < 1.29 is 19.9 Å². The number of nitrogens with zero attached hydrogens (tertiary/aromatic N) is 1. The molecule has 0 saturated heterocycles. The standard InChI is InChI=1S/C10H14N2O5.ClH/c1-17-9-5-6(12(15)16)4-7(10(9)14)8(11)2-3-13;/h4-5,8,13-14H,2-3,11H2,1H3;1H/t8-;/m1./s1. The lowest BCUT2D eigenvalue weighted by Crippen LogP contribution is -2.12. The molecule has 0 aliphatic heterocycles. The van der Waals surface area contributed by atoms with Gasteiger partial charge in [-0.05, 0) is 6.42 Å². The molecule has 4 N–H and O–H groups in total. The molecule has 8 heteroatoms. The highest BCUT2D eigenvalue weighted by Gasteiger charge is 2.20. The summed E-state index contributed by atoms with van der Waals surface area (Å²) in [6, 6.07) is 1.61. The smallest absolute Gasteiger partial charge is 0.273 e. The summed E-state index contributed by atoms with van der Waals surface area (Å²) in [5.41, 5.74) is 5.67. The van der Waals surface area contributed by atoms with Gasteiger partial charge in [0.15, 0.2) is 11.5 Å². The molecule has 0 aliphatic carbocycles. The van der Waals surface area contributed by atoms with Crippen LogP contribution in [-0.4, -0.2) is 28.9 Å². The van der Waals surface area contributed by atoms with Crippen LogP contribution in [0.1, 0.15) is 18.0 Å². The molecule has 0 radical (unpaired) electrons. The highest BCUT2D eigenvalue weighted by molar-refractivity contribution is 5.85. The second-order valence-corrected chi connectivity index (χ2v) is 3.46. The third kappa shape index (κ3) is 3.46. The van der Waals surface area contributed by atoms with E-state index in [0.29, 0.717) is 0 Å². The molecule has 0 bridgehead atoms. The number of aromatic hydroxyl groups is 1. The number of rotatable bonds is 5. The topological polar surface area (TPSA) is 119 Å². The van der Waals surface area contributed by atoms with Gasteiger partial charge in [0.1, 0.15) is 0 Å². The molecular formula is C10H15ClN2O5. The molecule has 0 aromatic heterocycles. The Morgan fingerprint density at radius 1 is 1.56 bits per heavy atom. The van der Waals surface area contributed by atoms with E-state index in [2.05, 4.69) is 0 Å². The first-order valence-electron chi connectivity index (χ1n) is 4.93. The van der Waals surface area contributed by atoms with E-state index in [-0.39, 0.29) is 48.2 Å². The van der Waals surface area contributed by atoms with E-state index in [1.54, 1.807) is 0 Å². The number of hydrogen-bond donors (Lipinski definition) is 3. The van der Waals surface area contributed by atoms with Crippen molar-refractivity contribution in [3.63, 3.8) is 0 Å². The second-order valence-electron chi connectivity index (χ2n) is 3.46. The van der Waals surface area contributed by atoms with E-state index in [1.807, 2.05) is 0 Å². The van der Waals surface area contributed by atoms with Gasteiger partial charge in [0.05, 0.1) is 18.1 Å². The van der Waals surface area contributed by atoms with E-state index >= 15 is 0 Å². The number of nitro benzene ring substituents is 1. The van der Waals surface area contributed by atoms with Gasteiger partial charge < -0.3 is 20.7 Å². The van der Waals surface area contributed by atoms with Crippen molar-refractivity contribution in [3.8, 4) is 11.5 Å². The summed E-state index contributed by atoms with van der Waals surface area (Å²) in [5, 5.41) is 29.2. The lowest BCUT2D eigenvalue weighted by Gasteiger charge is -2.14. The molecule has 0 unspecified atom stereocenters. The summed E-state index contributed by atoms with van der Waals surface area (Å²) in [6.07, 6.45) is 0.192. The molecule has 0 amide bonds. The number of halogens is 1. The fourth-order valence-electron chi connectivity index (χ4n) is 1.45. The van der Waals surface area contributed by atoms with Crippen molar-refractivity contribution in [2.24, 2.45) is 5.73 Å². The second kappa shape index (κ2) is 7.00. The van der Waals surface area contributed by atoms with Crippen LogP contribution in [0, 0.1) is 10.1 Å². The lowest BCUT2D eigenvalue weighted by molar-refractivity contribution is -0.385. The van der Waals surface area contributed by atoms with Crippen LogP contribution in [0.25, 0.3) is 0 Å². The average molecular weight is 279 g/mol. The Balaban J connectivity index is 0.00000289. The summed E-state index contributed by atoms with van der Waals surface area (Å²) < 4.78 is 4.83. The highest BCUT2D eigenvalue weighted by atomic mass is 35.5. The number of ether oxygens (including phenoxy) is 1. The molecular weight excluding hydrogens is 264 g/mol. The molecule has 102 valence electrons. The van der Waals surface area contributed by atoms with Gasteiger partial charge in [-0.25, -0.2) is 0 Å². The molecule has 18 heavy (non-hydrogen) atoms. The SMILES string of the molecule is COc1cc([N+](=O)[O-])cc([C@H](N)CCO)c1O.Cl. The number of aliphatic hydroxyl groups is 1. The van der Waals surface area contributed by atoms with E-state index < -0.39 is 11.0 Å². The first kappa shape index (κ1) is 16.4. The maximum absolute atomic E-state index is 10.7. The van der Waals surface area contributed by atoms with Crippen LogP contribution in [0.4, 0.5) is 5.69 Å². The Labute approximate surface area is 110 Å². The quantitative estimate of drug-likeness (QED) is 0.548. The predicted molar refractivity (Wildman–Crippen MR) is 67.2 cm³/mol. The molecule has 1 aromatic carbocycles. The van der Waals surface area contributed by atoms with Gasteiger partial charge in [-0.1, -0.05) is 0 Å². The van der Waals surface area contributed by atoms with Crippen molar-refractivity contribution in [3.05, 3.63) is 27.8 Å². The Hall–Kier alpha value is -1.57. The van der Waals surface area contributed by atoms with Gasteiger partial charge >= 0.3 is 0 Å². The number of phenolic OH excluding ortho intramolecular Hbond substituents is 1. The number of phenols is 1. The largest absolute Gasteiger partial charge is 0.504 e. The summed E-state index contributed by atoms with van der Waals surface area (Å²) >= 11 is 0. The monoisotopic (exact) mass is 278 g/mol. The third-order valence-corrected chi connectivity index (χ3v) is 2.36. The Morgan fingerprint density at radius 3 is 2.61 bits per heavy atom. The minimum Gasteiger partial charge on any atom is -0.504 e. The Kier molecular flexibility index (Phi) is 6.39. The maximum atomic E-state index is 10.7. The minimum atomic E-state index is -0.686. The predicted octanol–water partition coefficient (Wildman–Crippen LogP) is 1.11.